The van der Waals surface area contributed by atoms with Crippen LogP contribution >= 0.6 is 0 Å². The Bertz CT molecular complexity index is 6.00. The van der Waals surface area contributed by atoms with Crippen molar-refractivity contribution in [3.8, 4) is 0 Å². The maximum absolute atomic E-state index is 0. The first-order valence-electron chi connectivity index (χ1n) is 0. The van der Waals surface area contributed by atoms with E-state index < -0.39 is 0 Å². The molecule has 2 nitrogen and oxygen atoms in total. The van der Waals surface area contributed by atoms with Crippen LogP contribution in [0.3, 0.4) is 0 Å². The molecule has 0 aromatic carbocycles. The van der Waals surface area contributed by atoms with Gasteiger partial charge >= 0.3 is 43.8 Å². The van der Waals surface area contributed by atoms with Crippen molar-refractivity contribution in [2.75, 3.05) is 0 Å². The molecule has 0 spiro atoms. The topological polar surface area (TPSA) is 57.0 Å². The number of hydrogen-bond acceptors (Lipinski definition) is 0. The SMILES string of the molecule is [Ni+2].[O-2].[O-2].[Pb+2]. The fourth-order valence-corrected chi connectivity index (χ4v) is 0. The Morgan fingerprint density at radius 1 is 0.750 bits per heavy atom. The van der Waals surface area contributed by atoms with Crippen LogP contribution in [0, 0.1) is 0 Å². The Morgan fingerprint density at radius 2 is 0.750 bits per heavy atom. The predicted octanol–water partition coefficient (Wildman–Crippen LogP) is -0.621. The molecule has 0 saturated carbocycles. The van der Waals surface area contributed by atoms with E-state index in [4.69, 9.17) is 0 Å². The predicted molar refractivity (Wildman–Crippen MR) is 7.13 cm³/mol. The van der Waals surface area contributed by atoms with Crippen LogP contribution in [0.5, 0.6) is 0 Å². The number of hydrogen-bond donors (Lipinski definition) is 0. The van der Waals surface area contributed by atoms with Gasteiger partial charge in [0.15, 0.2) is 0 Å². The van der Waals surface area contributed by atoms with E-state index in [1.165, 1.54) is 0 Å². The second-order valence-corrected chi connectivity index (χ2v) is 0. The van der Waals surface area contributed by atoms with E-state index in [-0.39, 0.29) is 54.7 Å². The van der Waals surface area contributed by atoms with Crippen molar-refractivity contribution < 1.29 is 27.4 Å². The van der Waals surface area contributed by atoms with Crippen molar-refractivity contribution in [1.29, 1.82) is 0 Å². The van der Waals surface area contributed by atoms with Crippen LogP contribution in [0.1, 0.15) is 0 Å². The molecule has 0 aliphatic carbocycles. The molecule has 0 aliphatic heterocycles. The molecule has 0 atom stereocenters. The molecule has 0 amide bonds. The molecule has 0 aromatic heterocycles. The van der Waals surface area contributed by atoms with Gasteiger partial charge in [0.25, 0.3) is 0 Å². The zero-order valence-electron chi connectivity index (χ0n) is 1.63. The minimum Gasteiger partial charge on any atom is -2.00 e. The van der Waals surface area contributed by atoms with E-state index in [1.807, 2.05) is 0 Å². The van der Waals surface area contributed by atoms with Crippen molar-refractivity contribution in [3.63, 3.8) is 0 Å². The first kappa shape index (κ1) is 56.2. The molecule has 0 N–H and O–H groups in total. The van der Waals surface area contributed by atoms with Gasteiger partial charge in [0.2, 0.25) is 0 Å². The van der Waals surface area contributed by atoms with E-state index in [0.717, 1.165) is 0 Å². The van der Waals surface area contributed by atoms with Crippen LogP contribution < -0.4 is 0 Å². The molecule has 0 aromatic rings. The minimum atomic E-state index is 0. The Kier molecular flexibility index (Phi) is 380. The monoisotopic (exact) mass is 298 g/mol. The molecule has 2 radical (unpaired) electrons. The average molecular weight is 298 g/mol. The Morgan fingerprint density at radius 3 is 0.750 bits per heavy atom. The smallest absolute Gasteiger partial charge is 2.00 e. The molecule has 0 rings (SSSR count). The van der Waals surface area contributed by atoms with Crippen molar-refractivity contribution in [3.05, 3.63) is 0 Å². The summed E-state index contributed by atoms with van der Waals surface area (Å²) in [4.78, 5) is 0. The van der Waals surface area contributed by atoms with Gasteiger partial charge in [-0.2, -0.15) is 0 Å². The second-order valence-electron chi connectivity index (χ2n) is 0. The summed E-state index contributed by atoms with van der Waals surface area (Å²) in [5, 5.41) is 0. The zero-order valence-corrected chi connectivity index (χ0v) is 6.51. The van der Waals surface area contributed by atoms with Crippen LogP contribution in [-0.2, 0) is 27.4 Å². The maximum Gasteiger partial charge on any atom is 2.00 e. The fourth-order valence-electron chi connectivity index (χ4n) is 0. The van der Waals surface area contributed by atoms with Crippen molar-refractivity contribution in [2.45, 2.75) is 0 Å². The van der Waals surface area contributed by atoms with Gasteiger partial charge < -0.3 is 11.0 Å². The minimum absolute atomic E-state index is 0. The summed E-state index contributed by atoms with van der Waals surface area (Å²) in [6, 6.07) is 0. The molecule has 0 unspecified atom stereocenters. The molecule has 0 fully saturated rings. The van der Waals surface area contributed by atoms with Crippen molar-refractivity contribution >= 4 is 27.3 Å². The van der Waals surface area contributed by atoms with Gasteiger partial charge in [-0.1, -0.05) is 0 Å². The Balaban J connectivity index is 0. The summed E-state index contributed by atoms with van der Waals surface area (Å²) in [5.74, 6) is 0. The van der Waals surface area contributed by atoms with E-state index >= 15 is 0 Å². The third-order valence-electron chi connectivity index (χ3n) is 0. The standard InChI is InChI=1S/Ni.2O.Pb/q+2;2*-2;+2. The van der Waals surface area contributed by atoms with Gasteiger partial charge in [-0.05, 0) is 0 Å². The summed E-state index contributed by atoms with van der Waals surface area (Å²) < 4.78 is 0. The van der Waals surface area contributed by atoms with Gasteiger partial charge in [0, 0.05) is 0 Å². The van der Waals surface area contributed by atoms with Crippen molar-refractivity contribution in [1.82, 2.24) is 0 Å². The van der Waals surface area contributed by atoms with Crippen LogP contribution in [0.4, 0.5) is 0 Å². The van der Waals surface area contributed by atoms with E-state index in [1.54, 1.807) is 0 Å². The molecule has 0 heterocycles. The molecular weight excluding hydrogens is 298 g/mol. The van der Waals surface area contributed by atoms with Gasteiger partial charge in [-0.25, -0.2) is 0 Å². The second kappa shape index (κ2) is 27.0. The van der Waals surface area contributed by atoms with Gasteiger partial charge in [-0.15, -0.1) is 0 Å². The zero-order chi connectivity index (χ0) is 0. The van der Waals surface area contributed by atoms with Crippen LogP contribution in [0.15, 0.2) is 0 Å². The number of rotatable bonds is 0. The molecule has 0 bridgehead atoms. The molecule has 4 heteroatoms. The van der Waals surface area contributed by atoms with Gasteiger partial charge in [0.05, 0.1) is 0 Å². The van der Waals surface area contributed by atoms with Crippen LogP contribution in [0.25, 0.3) is 0 Å². The van der Waals surface area contributed by atoms with Crippen molar-refractivity contribution in [2.24, 2.45) is 0 Å². The van der Waals surface area contributed by atoms with Gasteiger partial charge in [-0.3, -0.25) is 0 Å². The summed E-state index contributed by atoms with van der Waals surface area (Å²) >= 11 is 0. The molecule has 4 heavy (non-hydrogen) atoms. The third kappa shape index (κ3) is 10.2. The Labute approximate surface area is 54.7 Å². The fraction of sp³-hybridized carbons (Fsp3) is 0. The summed E-state index contributed by atoms with van der Waals surface area (Å²) in [7, 11) is 0. The normalized spacial score (nSPS) is 0. The quantitative estimate of drug-likeness (QED) is 0.535. The van der Waals surface area contributed by atoms with Crippen LogP contribution in [-0.4, -0.2) is 27.3 Å². The molecule has 0 saturated heterocycles. The first-order valence-corrected chi connectivity index (χ1v) is 0. The largest absolute Gasteiger partial charge is 2.00 e. The Hall–Kier alpha value is 1.34. The molecular formula is NiO2Pb. The van der Waals surface area contributed by atoms with Gasteiger partial charge in [0.1, 0.15) is 0 Å². The summed E-state index contributed by atoms with van der Waals surface area (Å²) in [5.41, 5.74) is 0. The van der Waals surface area contributed by atoms with E-state index in [0.29, 0.717) is 0 Å². The summed E-state index contributed by atoms with van der Waals surface area (Å²) in [6.45, 7) is 0. The maximum atomic E-state index is 0. The van der Waals surface area contributed by atoms with Crippen LogP contribution in [0.2, 0.25) is 0 Å². The molecule has 26 valence electrons. The third-order valence-corrected chi connectivity index (χ3v) is 0. The molecule has 0 aliphatic rings. The summed E-state index contributed by atoms with van der Waals surface area (Å²) in [6.07, 6.45) is 0. The van der Waals surface area contributed by atoms with E-state index in [2.05, 4.69) is 0 Å². The average Bonchev–Trinajstić information content (AvgIpc) is 0. The first-order chi connectivity index (χ1) is 0. The van der Waals surface area contributed by atoms with E-state index in [9.17, 15) is 0 Å².